The zero-order valence-electron chi connectivity index (χ0n) is 24.1. The molecule has 3 saturated carbocycles. The van der Waals surface area contributed by atoms with Crippen molar-refractivity contribution in [3.63, 3.8) is 0 Å². The molecule has 6 fully saturated rings. The number of epoxide rings is 1. The van der Waals surface area contributed by atoms with Crippen LogP contribution in [0.2, 0.25) is 0 Å². The lowest BCUT2D eigenvalue weighted by molar-refractivity contribution is -0.274. The van der Waals surface area contributed by atoms with Crippen LogP contribution >= 0.6 is 0 Å². The minimum atomic E-state index is -1.37. The molecule has 9 heteroatoms. The van der Waals surface area contributed by atoms with Crippen LogP contribution in [0.3, 0.4) is 0 Å². The van der Waals surface area contributed by atoms with Gasteiger partial charge in [0.2, 0.25) is 0 Å². The Balaban J connectivity index is 1.13. The van der Waals surface area contributed by atoms with Gasteiger partial charge in [-0.3, -0.25) is 0 Å². The molecule has 3 aliphatic heterocycles. The van der Waals surface area contributed by atoms with Gasteiger partial charge >= 0.3 is 0 Å². The van der Waals surface area contributed by atoms with Crippen molar-refractivity contribution in [2.75, 3.05) is 13.2 Å². The molecule has 0 radical (unpaired) electrons. The third kappa shape index (κ3) is 5.01. The smallest absolute Gasteiger partial charge is 0.186 e. The first-order valence-electron chi connectivity index (χ1n) is 15.7. The molecule has 228 valence electrons. The monoisotopic (exact) mass is 566 g/mol. The first kappa shape index (κ1) is 29.5. The van der Waals surface area contributed by atoms with Gasteiger partial charge in [-0.05, 0) is 80.0 Å². The molecule has 3 heterocycles. The summed E-state index contributed by atoms with van der Waals surface area (Å²) < 4.78 is 23.1. The molecule has 3 aliphatic carbocycles. The Morgan fingerprint density at radius 1 is 0.900 bits per heavy atom. The number of hydrogen-bond donors (Lipinski definition) is 5. The molecule has 40 heavy (non-hydrogen) atoms. The highest BCUT2D eigenvalue weighted by Crippen LogP contribution is 2.66. The van der Waals surface area contributed by atoms with Crippen LogP contribution in [0.1, 0.15) is 78.1 Å². The molecule has 0 bridgehead atoms. The van der Waals surface area contributed by atoms with Crippen molar-refractivity contribution in [2.45, 2.75) is 139 Å². The number of aliphatic hydroxyl groups excluding tert-OH is 5. The van der Waals surface area contributed by atoms with Gasteiger partial charge in [0, 0.05) is 0 Å². The second-order valence-electron chi connectivity index (χ2n) is 14.2. The van der Waals surface area contributed by atoms with Crippen LogP contribution < -0.4 is 0 Å². The van der Waals surface area contributed by atoms with Crippen LogP contribution in [0.15, 0.2) is 12.2 Å². The van der Waals surface area contributed by atoms with Crippen molar-refractivity contribution in [1.29, 1.82) is 0 Å². The molecule has 0 amide bonds. The first-order valence-corrected chi connectivity index (χ1v) is 15.7. The normalized spacial score (nSPS) is 54.3. The fourth-order valence-electron chi connectivity index (χ4n) is 9.88. The van der Waals surface area contributed by atoms with E-state index in [0.29, 0.717) is 17.8 Å². The van der Waals surface area contributed by atoms with Gasteiger partial charge in [0.05, 0.1) is 19.3 Å². The number of hydrogen-bond acceptors (Lipinski definition) is 9. The Labute approximate surface area is 237 Å². The van der Waals surface area contributed by atoms with E-state index in [1.54, 1.807) is 0 Å². The fourth-order valence-corrected chi connectivity index (χ4v) is 9.88. The predicted molar refractivity (Wildman–Crippen MR) is 145 cm³/mol. The lowest BCUT2D eigenvalue weighted by Gasteiger charge is -2.63. The Hall–Kier alpha value is -0.620. The molecule has 6 aliphatic rings. The molecule has 6 rings (SSSR count). The van der Waals surface area contributed by atoms with Gasteiger partial charge in [-0.2, -0.15) is 0 Å². The van der Waals surface area contributed by atoms with Gasteiger partial charge in [-0.25, -0.2) is 0 Å². The van der Waals surface area contributed by atoms with Crippen molar-refractivity contribution in [3.05, 3.63) is 12.2 Å². The van der Waals surface area contributed by atoms with Crippen molar-refractivity contribution >= 4 is 0 Å². The first-order chi connectivity index (χ1) is 19.1. The minimum absolute atomic E-state index is 0.119. The van der Waals surface area contributed by atoms with Crippen molar-refractivity contribution in [2.24, 2.45) is 28.6 Å². The van der Waals surface area contributed by atoms with Gasteiger partial charge in [-0.15, -0.1) is 0 Å². The van der Waals surface area contributed by atoms with E-state index in [1.807, 2.05) is 0 Å². The maximum atomic E-state index is 10.9. The van der Waals surface area contributed by atoms with Crippen molar-refractivity contribution in [3.8, 4) is 0 Å². The summed E-state index contributed by atoms with van der Waals surface area (Å²) >= 11 is 0. The summed E-state index contributed by atoms with van der Waals surface area (Å²) in [5.74, 6) is 2.14. The summed E-state index contributed by atoms with van der Waals surface area (Å²) in [5, 5.41) is 52.4. The molecule has 0 spiro atoms. The standard InChI is InChI=1S/C31H50O9/c1-16-6-7-22-30(3)10-4-5-17(2)18(30)8-11-31(22,13-16)12-9-19-23(33)25(35)24(34)21(38-19)15-37-29-26(36)28-27(40-28)20(14-32)39-29/h17-29,32-36H,1,4-15H2,2-3H3/t17-,18+,19?,20?,21?,22-,23?,24?,25?,26?,27?,28?,29?,30+,31-/m0/s1. The summed E-state index contributed by atoms with van der Waals surface area (Å²) in [6.45, 7) is 8.99. The van der Waals surface area contributed by atoms with Gasteiger partial charge in [0.25, 0.3) is 0 Å². The highest BCUT2D eigenvalue weighted by Gasteiger charge is 2.59. The number of fused-ring (bicyclic) bond motifs is 4. The minimum Gasteiger partial charge on any atom is -0.394 e. The van der Waals surface area contributed by atoms with Gasteiger partial charge in [0.15, 0.2) is 6.29 Å². The van der Waals surface area contributed by atoms with Crippen LogP contribution in [0.4, 0.5) is 0 Å². The molecule has 15 atom stereocenters. The molecule has 5 N–H and O–H groups in total. The maximum Gasteiger partial charge on any atom is 0.186 e. The van der Waals surface area contributed by atoms with Crippen LogP contribution in [-0.4, -0.2) is 100.0 Å². The molecular weight excluding hydrogens is 516 g/mol. The topological polar surface area (TPSA) is 141 Å². The maximum absolute atomic E-state index is 10.9. The van der Waals surface area contributed by atoms with Gasteiger partial charge in [-0.1, -0.05) is 38.8 Å². The fraction of sp³-hybridized carbons (Fsp3) is 0.935. The average molecular weight is 567 g/mol. The summed E-state index contributed by atoms with van der Waals surface area (Å²) in [6.07, 6.45) is 2.15. The lowest BCUT2D eigenvalue weighted by Crippen LogP contribution is -2.60. The summed E-state index contributed by atoms with van der Waals surface area (Å²) in [6, 6.07) is 0. The van der Waals surface area contributed by atoms with Gasteiger partial charge in [0.1, 0.15) is 48.8 Å². The van der Waals surface area contributed by atoms with Gasteiger partial charge < -0.3 is 44.5 Å². The summed E-state index contributed by atoms with van der Waals surface area (Å²) in [7, 11) is 0. The van der Waals surface area contributed by atoms with Crippen LogP contribution in [-0.2, 0) is 18.9 Å². The van der Waals surface area contributed by atoms with Crippen LogP contribution in [0, 0.1) is 28.6 Å². The average Bonchev–Trinajstić information content (AvgIpc) is 3.73. The summed E-state index contributed by atoms with van der Waals surface area (Å²) in [5.41, 5.74) is 1.77. The predicted octanol–water partition coefficient (Wildman–Crippen LogP) is 2.06. The lowest BCUT2D eigenvalue weighted by atomic mass is 9.42. The zero-order valence-corrected chi connectivity index (χ0v) is 24.1. The third-order valence-corrected chi connectivity index (χ3v) is 12.0. The van der Waals surface area contributed by atoms with Crippen LogP contribution in [0.5, 0.6) is 0 Å². The van der Waals surface area contributed by atoms with E-state index < -0.39 is 55.1 Å². The Kier molecular flexibility index (Phi) is 8.20. The second kappa shape index (κ2) is 11.1. The molecule has 10 unspecified atom stereocenters. The Morgan fingerprint density at radius 3 is 2.45 bits per heavy atom. The van der Waals surface area contributed by atoms with E-state index in [0.717, 1.165) is 37.5 Å². The molecule has 0 aromatic heterocycles. The van der Waals surface area contributed by atoms with Crippen LogP contribution in [0.25, 0.3) is 0 Å². The molecule has 3 saturated heterocycles. The number of rotatable bonds is 7. The SMILES string of the molecule is C=C1CC[C@@H]2[C@](CCC3OC(COC4OC(CO)C5OC5C4O)C(O)C(O)C3O)(CC[C@@H]3[C@@H](C)CCC[C@]32C)C1. The van der Waals surface area contributed by atoms with Crippen molar-refractivity contribution < 1.29 is 44.5 Å². The Bertz CT molecular complexity index is 930. The largest absolute Gasteiger partial charge is 0.394 e. The molecule has 0 aromatic carbocycles. The van der Waals surface area contributed by atoms with E-state index >= 15 is 0 Å². The molecule has 9 nitrogen and oxygen atoms in total. The Morgan fingerprint density at radius 2 is 1.68 bits per heavy atom. The van der Waals surface area contributed by atoms with E-state index in [-0.39, 0.29) is 24.7 Å². The number of allylic oxidation sites excluding steroid dienone is 1. The van der Waals surface area contributed by atoms with E-state index in [9.17, 15) is 25.5 Å². The molecule has 0 aromatic rings. The summed E-state index contributed by atoms with van der Waals surface area (Å²) in [4.78, 5) is 0. The zero-order chi connectivity index (χ0) is 28.4. The molecular formula is C31H50O9. The highest BCUT2D eigenvalue weighted by atomic mass is 16.7. The quantitative estimate of drug-likeness (QED) is 0.231. The van der Waals surface area contributed by atoms with Crippen molar-refractivity contribution in [1.82, 2.24) is 0 Å². The third-order valence-electron chi connectivity index (χ3n) is 12.0. The van der Waals surface area contributed by atoms with E-state index in [2.05, 4.69) is 20.4 Å². The highest BCUT2D eigenvalue weighted by molar-refractivity contribution is 5.15. The number of aliphatic hydroxyl groups is 5. The number of ether oxygens (including phenoxy) is 4. The second-order valence-corrected chi connectivity index (χ2v) is 14.2. The van der Waals surface area contributed by atoms with E-state index in [1.165, 1.54) is 37.7 Å². The van der Waals surface area contributed by atoms with E-state index in [4.69, 9.17) is 18.9 Å².